The lowest BCUT2D eigenvalue weighted by Gasteiger charge is -2.35. The molecular weight excluding hydrogens is 344 g/mol. The summed E-state index contributed by atoms with van der Waals surface area (Å²) in [4.78, 5) is 38.5. The van der Waals surface area contributed by atoms with Crippen LogP contribution in [0.2, 0.25) is 0 Å². The van der Waals surface area contributed by atoms with E-state index < -0.39 is 11.4 Å². The summed E-state index contributed by atoms with van der Waals surface area (Å²) >= 11 is 0. The van der Waals surface area contributed by atoms with Gasteiger partial charge in [-0.05, 0) is 37.8 Å². The van der Waals surface area contributed by atoms with Crippen LogP contribution in [-0.2, 0) is 9.59 Å². The van der Waals surface area contributed by atoms with Gasteiger partial charge in [0.25, 0.3) is 5.91 Å². The molecule has 2 amide bonds. The third-order valence-electron chi connectivity index (χ3n) is 6.04. The number of amides is 2. The molecule has 0 atom stereocenters. The number of nitrogens with zero attached hydrogens (tertiary/aromatic N) is 1. The average molecular weight is 372 g/mol. The van der Waals surface area contributed by atoms with Gasteiger partial charge >= 0.3 is 5.97 Å². The van der Waals surface area contributed by atoms with E-state index in [1.807, 2.05) is 18.2 Å². The summed E-state index contributed by atoms with van der Waals surface area (Å²) < 4.78 is 0. The number of aliphatic carboxylic acids is 1. The van der Waals surface area contributed by atoms with Crippen LogP contribution in [0.5, 0.6) is 0 Å². The quantitative estimate of drug-likeness (QED) is 0.832. The van der Waals surface area contributed by atoms with E-state index in [1.165, 1.54) is 0 Å². The Bertz CT molecular complexity index is 675. The average Bonchev–Trinajstić information content (AvgIpc) is 2.73. The molecule has 146 valence electrons. The van der Waals surface area contributed by atoms with Gasteiger partial charge in [0.05, 0.1) is 5.41 Å². The number of carboxylic acids is 1. The van der Waals surface area contributed by atoms with Crippen LogP contribution in [0.1, 0.15) is 55.3 Å². The van der Waals surface area contributed by atoms with E-state index in [2.05, 4.69) is 5.32 Å². The normalized spacial score (nSPS) is 20.1. The van der Waals surface area contributed by atoms with E-state index in [9.17, 15) is 19.5 Å². The molecule has 1 saturated heterocycles. The van der Waals surface area contributed by atoms with Crippen LogP contribution in [0.15, 0.2) is 30.3 Å². The molecule has 6 heteroatoms. The monoisotopic (exact) mass is 372 g/mol. The van der Waals surface area contributed by atoms with E-state index >= 15 is 0 Å². The Kier molecular flexibility index (Phi) is 6.14. The maximum absolute atomic E-state index is 12.5. The smallest absolute Gasteiger partial charge is 0.311 e. The lowest BCUT2D eigenvalue weighted by molar-refractivity contribution is -0.151. The van der Waals surface area contributed by atoms with Gasteiger partial charge in [0.2, 0.25) is 5.91 Å². The second kappa shape index (κ2) is 8.55. The Morgan fingerprint density at radius 2 is 1.67 bits per heavy atom. The molecule has 1 aliphatic heterocycles. The van der Waals surface area contributed by atoms with Crippen molar-refractivity contribution in [1.82, 2.24) is 10.2 Å². The van der Waals surface area contributed by atoms with E-state index in [0.717, 1.165) is 19.3 Å². The molecule has 0 aromatic heterocycles. The zero-order chi connectivity index (χ0) is 19.3. The lowest BCUT2D eigenvalue weighted by atomic mass is 9.74. The molecule has 2 fully saturated rings. The number of benzene rings is 1. The Balaban J connectivity index is 1.50. The molecule has 2 N–H and O–H groups in total. The van der Waals surface area contributed by atoms with Crippen molar-refractivity contribution >= 4 is 17.8 Å². The van der Waals surface area contributed by atoms with Gasteiger partial charge in [-0.3, -0.25) is 14.4 Å². The van der Waals surface area contributed by atoms with Gasteiger partial charge in [0, 0.05) is 31.1 Å². The first-order valence-corrected chi connectivity index (χ1v) is 9.87. The number of likely N-dealkylation sites (tertiary alicyclic amines) is 1. The lowest BCUT2D eigenvalue weighted by Crippen LogP contribution is -2.48. The molecule has 1 saturated carbocycles. The molecule has 1 aromatic carbocycles. The number of piperidine rings is 1. The number of nitrogens with one attached hydrogen (secondary N) is 1. The van der Waals surface area contributed by atoms with Gasteiger partial charge < -0.3 is 15.3 Å². The fourth-order valence-corrected chi connectivity index (χ4v) is 4.20. The highest BCUT2D eigenvalue weighted by Gasteiger charge is 2.40. The Morgan fingerprint density at radius 1 is 1.04 bits per heavy atom. The minimum Gasteiger partial charge on any atom is -0.481 e. The Labute approximate surface area is 159 Å². The maximum atomic E-state index is 12.5. The van der Waals surface area contributed by atoms with Gasteiger partial charge in [-0.2, -0.15) is 0 Å². The van der Waals surface area contributed by atoms with Crippen LogP contribution >= 0.6 is 0 Å². The van der Waals surface area contributed by atoms with Gasteiger partial charge in [0.1, 0.15) is 0 Å². The Hall–Kier alpha value is -2.37. The number of carboxylic acid groups (broad SMARTS) is 1. The highest BCUT2D eigenvalue weighted by atomic mass is 16.4. The molecule has 2 aliphatic rings. The van der Waals surface area contributed by atoms with Crippen LogP contribution in [0.3, 0.4) is 0 Å². The number of carbonyl (C=O) groups excluding carboxylic acids is 2. The first kappa shape index (κ1) is 19.4. The van der Waals surface area contributed by atoms with Crippen molar-refractivity contribution in [1.29, 1.82) is 0 Å². The van der Waals surface area contributed by atoms with Crippen molar-refractivity contribution in [2.75, 3.05) is 19.6 Å². The second-order valence-electron chi connectivity index (χ2n) is 7.80. The predicted molar refractivity (Wildman–Crippen MR) is 101 cm³/mol. The topological polar surface area (TPSA) is 86.7 Å². The van der Waals surface area contributed by atoms with Gasteiger partial charge in [-0.1, -0.05) is 37.5 Å². The fraction of sp³-hybridized carbons (Fsp3) is 0.571. The van der Waals surface area contributed by atoms with Crippen LogP contribution in [0.25, 0.3) is 0 Å². The third-order valence-corrected chi connectivity index (χ3v) is 6.04. The summed E-state index contributed by atoms with van der Waals surface area (Å²) in [6.45, 7) is 1.32. The van der Waals surface area contributed by atoms with E-state index in [0.29, 0.717) is 44.3 Å². The fourth-order valence-electron chi connectivity index (χ4n) is 4.20. The molecule has 1 aliphatic carbocycles. The zero-order valence-corrected chi connectivity index (χ0v) is 15.7. The summed E-state index contributed by atoms with van der Waals surface area (Å²) in [7, 11) is 0. The van der Waals surface area contributed by atoms with Crippen molar-refractivity contribution in [3.8, 4) is 0 Å². The molecule has 6 nitrogen and oxygen atoms in total. The summed E-state index contributed by atoms with van der Waals surface area (Å²) in [6.07, 6.45) is 5.37. The van der Waals surface area contributed by atoms with Crippen molar-refractivity contribution in [2.24, 2.45) is 11.3 Å². The summed E-state index contributed by atoms with van der Waals surface area (Å²) in [5, 5.41) is 12.5. The molecule has 1 heterocycles. The molecule has 0 unspecified atom stereocenters. The van der Waals surface area contributed by atoms with Crippen molar-refractivity contribution in [3.63, 3.8) is 0 Å². The van der Waals surface area contributed by atoms with Gasteiger partial charge in [0.15, 0.2) is 0 Å². The maximum Gasteiger partial charge on any atom is 0.311 e. The van der Waals surface area contributed by atoms with Crippen LogP contribution < -0.4 is 5.32 Å². The first-order chi connectivity index (χ1) is 13.0. The number of carbonyl (C=O) groups is 3. The van der Waals surface area contributed by atoms with Crippen LogP contribution in [-0.4, -0.2) is 47.4 Å². The molecule has 1 aromatic rings. The largest absolute Gasteiger partial charge is 0.481 e. The zero-order valence-electron chi connectivity index (χ0n) is 15.7. The van der Waals surface area contributed by atoms with E-state index in [4.69, 9.17) is 0 Å². The summed E-state index contributed by atoms with van der Waals surface area (Å²) in [6, 6.07) is 9.17. The van der Waals surface area contributed by atoms with E-state index in [-0.39, 0.29) is 24.3 Å². The molecule has 0 spiro atoms. The van der Waals surface area contributed by atoms with Crippen molar-refractivity contribution < 1.29 is 19.5 Å². The number of hydrogen-bond acceptors (Lipinski definition) is 3. The predicted octanol–water partition coefficient (Wildman–Crippen LogP) is 2.69. The third kappa shape index (κ3) is 4.49. The highest BCUT2D eigenvalue weighted by molar-refractivity contribution is 5.94. The van der Waals surface area contributed by atoms with Crippen LogP contribution in [0, 0.1) is 11.3 Å². The van der Waals surface area contributed by atoms with Crippen LogP contribution in [0.4, 0.5) is 0 Å². The molecule has 0 bridgehead atoms. The highest BCUT2D eigenvalue weighted by Crippen LogP contribution is 2.36. The van der Waals surface area contributed by atoms with Gasteiger partial charge in [-0.25, -0.2) is 0 Å². The van der Waals surface area contributed by atoms with Crippen molar-refractivity contribution in [3.05, 3.63) is 35.9 Å². The Morgan fingerprint density at radius 3 is 2.26 bits per heavy atom. The van der Waals surface area contributed by atoms with E-state index in [1.54, 1.807) is 17.0 Å². The number of hydrogen-bond donors (Lipinski definition) is 2. The number of rotatable bonds is 5. The first-order valence-electron chi connectivity index (χ1n) is 9.87. The second-order valence-corrected chi connectivity index (χ2v) is 7.80. The minimum absolute atomic E-state index is 0.00138. The van der Waals surface area contributed by atoms with Crippen molar-refractivity contribution in [2.45, 2.75) is 44.9 Å². The molecule has 0 radical (unpaired) electrons. The van der Waals surface area contributed by atoms with Gasteiger partial charge in [-0.15, -0.1) is 0 Å². The molecular formula is C21H28N2O4. The summed E-state index contributed by atoms with van der Waals surface area (Å²) in [5.41, 5.74) is -0.140. The minimum atomic E-state index is -0.808. The molecule has 27 heavy (non-hydrogen) atoms. The SMILES string of the molecule is O=C(NCC1(C(=O)O)CCCCC1)C1CCN(C(=O)c2ccccc2)CC1. The standard InChI is InChI=1S/C21H28N2O4/c24-18(22-15-21(20(26)27)11-5-2-6-12-21)16-9-13-23(14-10-16)19(25)17-7-3-1-4-8-17/h1,3-4,7-8,16H,2,5-6,9-15H2,(H,22,24)(H,26,27). The molecule has 3 rings (SSSR count). The summed E-state index contributed by atoms with van der Waals surface area (Å²) in [5.74, 6) is -1.03.